The number of para-hydroxylation sites is 1. The van der Waals surface area contributed by atoms with Crippen LogP contribution < -0.4 is 4.74 Å². The molecule has 0 amide bonds. The van der Waals surface area contributed by atoms with Gasteiger partial charge in [-0.2, -0.15) is 0 Å². The quantitative estimate of drug-likeness (QED) is 0.588. The van der Waals surface area contributed by atoms with Crippen LogP contribution in [0, 0.1) is 0 Å². The van der Waals surface area contributed by atoms with Crippen LogP contribution in [0.3, 0.4) is 0 Å². The SMILES string of the molecule is C1=Cc2ccccc2OC1.[PbH2].[Zn]. The van der Waals surface area contributed by atoms with E-state index >= 15 is 0 Å². The summed E-state index contributed by atoms with van der Waals surface area (Å²) >= 11 is 0. The van der Waals surface area contributed by atoms with Gasteiger partial charge in [0.05, 0.1) is 0 Å². The average molecular weight is 407 g/mol. The van der Waals surface area contributed by atoms with Crippen LogP contribution in [-0.4, -0.2) is 33.9 Å². The second-order valence-electron chi connectivity index (χ2n) is 2.25. The molecule has 0 fully saturated rings. The normalized spacial score (nSPS) is 11.7. The van der Waals surface area contributed by atoms with Crippen molar-refractivity contribution in [3.8, 4) is 5.75 Å². The van der Waals surface area contributed by atoms with Crippen LogP contribution in [0.15, 0.2) is 30.3 Å². The maximum Gasteiger partial charge on any atom is 0 e. The predicted octanol–water partition coefficient (Wildman–Crippen LogP) is 1.17. The minimum Gasteiger partial charge on any atom is 0 e. The summed E-state index contributed by atoms with van der Waals surface area (Å²) < 4.78 is 5.34. The van der Waals surface area contributed by atoms with Gasteiger partial charge in [-0.15, -0.1) is 0 Å². The molecule has 0 aromatic heterocycles. The first-order valence-electron chi connectivity index (χ1n) is 3.35. The first-order chi connectivity index (χ1) is 4.97. The number of benzene rings is 1. The Balaban J connectivity index is 0.000000605. The molecule has 58 valence electrons. The van der Waals surface area contributed by atoms with Gasteiger partial charge in [0.2, 0.25) is 0 Å². The average Bonchev–Trinajstić information content (AvgIpc) is 2.05. The van der Waals surface area contributed by atoms with Crippen LogP contribution in [0.25, 0.3) is 6.08 Å². The standard InChI is InChI=1S/C9H8O.Pb.Zn.2H/c1-2-6-9-8(4-1)5-3-7-10-9;;;;/h1-6H,7H2;;;;. The van der Waals surface area contributed by atoms with E-state index in [-0.39, 0.29) is 46.8 Å². The third kappa shape index (κ3) is 2.66. The topological polar surface area (TPSA) is 9.23 Å². The van der Waals surface area contributed by atoms with Crippen LogP contribution in [0.5, 0.6) is 5.75 Å². The molecule has 1 heterocycles. The third-order valence-electron chi connectivity index (χ3n) is 1.55. The molecule has 12 heavy (non-hydrogen) atoms. The molecule has 1 aromatic rings. The Bertz CT molecular complexity index is 273. The van der Waals surface area contributed by atoms with Crippen LogP contribution in [0.4, 0.5) is 0 Å². The zero-order valence-corrected chi connectivity index (χ0v) is 15.5. The maximum atomic E-state index is 5.34. The van der Waals surface area contributed by atoms with Gasteiger partial charge >= 0.3 is 27.3 Å². The van der Waals surface area contributed by atoms with Gasteiger partial charge < -0.3 is 4.74 Å². The van der Waals surface area contributed by atoms with Crippen LogP contribution in [0.2, 0.25) is 0 Å². The van der Waals surface area contributed by atoms with Crippen LogP contribution >= 0.6 is 0 Å². The molecule has 0 saturated carbocycles. The van der Waals surface area contributed by atoms with E-state index in [4.69, 9.17) is 4.74 Å². The van der Waals surface area contributed by atoms with E-state index in [1.165, 1.54) is 5.56 Å². The first kappa shape index (κ1) is 12.3. The molecule has 0 spiro atoms. The molecule has 1 aliphatic rings. The largest absolute Gasteiger partial charge is 0 e. The van der Waals surface area contributed by atoms with E-state index in [2.05, 4.69) is 6.08 Å². The first-order valence-corrected chi connectivity index (χ1v) is 3.35. The fourth-order valence-corrected chi connectivity index (χ4v) is 1.06. The van der Waals surface area contributed by atoms with Crippen molar-refractivity contribution in [3.05, 3.63) is 35.9 Å². The monoisotopic (exact) mass is 406 g/mol. The van der Waals surface area contributed by atoms with Gasteiger partial charge in [0.1, 0.15) is 12.4 Å². The van der Waals surface area contributed by atoms with Crippen molar-refractivity contribution in [3.63, 3.8) is 0 Å². The van der Waals surface area contributed by atoms with Crippen molar-refractivity contribution in [1.82, 2.24) is 0 Å². The summed E-state index contributed by atoms with van der Waals surface area (Å²) in [6.45, 7) is 0.705. The van der Waals surface area contributed by atoms with Crippen molar-refractivity contribution in [2.75, 3.05) is 6.61 Å². The van der Waals surface area contributed by atoms with Gasteiger partial charge in [-0.05, 0) is 12.1 Å². The Morgan fingerprint density at radius 1 is 1.17 bits per heavy atom. The Morgan fingerprint density at radius 3 is 2.67 bits per heavy atom. The fourth-order valence-electron chi connectivity index (χ4n) is 1.06. The van der Waals surface area contributed by atoms with E-state index < -0.39 is 0 Å². The second-order valence-corrected chi connectivity index (χ2v) is 2.25. The molecule has 3 heteroatoms. The summed E-state index contributed by atoms with van der Waals surface area (Å²) in [5.74, 6) is 0.991. The molecule has 0 unspecified atom stereocenters. The Hall–Kier alpha value is 0.305. The maximum absolute atomic E-state index is 5.34. The molecule has 1 nitrogen and oxygen atoms in total. The van der Waals surface area contributed by atoms with Gasteiger partial charge in [-0.1, -0.05) is 24.3 Å². The molecular weight excluding hydrogens is 397 g/mol. The molecular formula is C9H10OPbZn. The van der Waals surface area contributed by atoms with E-state index in [0.717, 1.165) is 5.75 Å². The van der Waals surface area contributed by atoms with Gasteiger partial charge in [0.25, 0.3) is 0 Å². The number of rotatable bonds is 0. The van der Waals surface area contributed by atoms with Crippen molar-refractivity contribution < 1.29 is 24.2 Å². The molecule has 0 bridgehead atoms. The summed E-state index contributed by atoms with van der Waals surface area (Å²) in [6.07, 6.45) is 4.10. The van der Waals surface area contributed by atoms with E-state index in [0.29, 0.717) is 6.61 Å². The Morgan fingerprint density at radius 2 is 1.92 bits per heavy atom. The molecule has 0 aliphatic carbocycles. The summed E-state index contributed by atoms with van der Waals surface area (Å²) in [5, 5.41) is 0. The Kier molecular flexibility index (Phi) is 6.02. The number of hydrogen-bond donors (Lipinski definition) is 0. The zero-order valence-electron chi connectivity index (χ0n) is 6.99. The fraction of sp³-hybridized carbons (Fsp3) is 0.111. The summed E-state index contributed by atoms with van der Waals surface area (Å²) in [5.41, 5.74) is 1.17. The third-order valence-corrected chi connectivity index (χ3v) is 1.55. The van der Waals surface area contributed by atoms with E-state index in [9.17, 15) is 0 Å². The van der Waals surface area contributed by atoms with Crippen molar-refractivity contribution in [2.24, 2.45) is 0 Å². The molecule has 0 saturated heterocycles. The zero-order chi connectivity index (χ0) is 6.81. The minimum atomic E-state index is 0. The van der Waals surface area contributed by atoms with Crippen LogP contribution in [0.1, 0.15) is 5.56 Å². The Labute approximate surface area is 105 Å². The summed E-state index contributed by atoms with van der Waals surface area (Å²) in [7, 11) is 0. The molecule has 0 N–H and O–H groups in total. The van der Waals surface area contributed by atoms with E-state index in [1.807, 2.05) is 30.3 Å². The second kappa shape index (κ2) is 5.87. The number of hydrogen-bond acceptors (Lipinski definition) is 1. The minimum absolute atomic E-state index is 0. The molecule has 1 aromatic carbocycles. The van der Waals surface area contributed by atoms with Gasteiger partial charge in [-0.25, -0.2) is 0 Å². The predicted molar refractivity (Wildman–Crippen MR) is 49.5 cm³/mol. The van der Waals surface area contributed by atoms with Crippen molar-refractivity contribution >= 4 is 33.4 Å². The molecule has 2 rings (SSSR count). The van der Waals surface area contributed by atoms with Crippen LogP contribution in [-0.2, 0) is 19.5 Å². The van der Waals surface area contributed by atoms with E-state index in [1.54, 1.807) is 0 Å². The molecule has 0 atom stereocenters. The molecule has 1 aliphatic heterocycles. The van der Waals surface area contributed by atoms with Crippen molar-refractivity contribution in [1.29, 1.82) is 0 Å². The smallest absolute Gasteiger partial charge is 0 e. The number of ether oxygens (including phenoxy) is 1. The molecule has 2 radical (unpaired) electrons. The van der Waals surface area contributed by atoms with Crippen molar-refractivity contribution in [2.45, 2.75) is 0 Å². The summed E-state index contributed by atoms with van der Waals surface area (Å²) in [4.78, 5) is 0. The van der Waals surface area contributed by atoms with Gasteiger partial charge in [-0.3, -0.25) is 0 Å². The summed E-state index contributed by atoms with van der Waals surface area (Å²) in [6, 6.07) is 8.03. The van der Waals surface area contributed by atoms with Gasteiger partial charge in [0, 0.05) is 25.0 Å². The van der Waals surface area contributed by atoms with Gasteiger partial charge in [0.15, 0.2) is 0 Å². The number of fused-ring (bicyclic) bond motifs is 1.